The second-order valence-electron chi connectivity index (χ2n) is 4.32. The van der Waals surface area contributed by atoms with Crippen LogP contribution in [0, 0.1) is 6.92 Å². The summed E-state index contributed by atoms with van der Waals surface area (Å²) in [5.74, 6) is -1.15. The summed E-state index contributed by atoms with van der Waals surface area (Å²) in [5.41, 5.74) is 0.888. The molecule has 1 rings (SSSR count). The van der Waals surface area contributed by atoms with E-state index in [4.69, 9.17) is 9.84 Å². The summed E-state index contributed by atoms with van der Waals surface area (Å²) in [6.07, 6.45) is 0. The first-order valence-corrected chi connectivity index (χ1v) is 5.66. The number of ether oxygens (including phenoxy) is 1. The highest BCUT2D eigenvalue weighted by molar-refractivity contribution is 5.91. The smallest absolute Gasteiger partial charge is 0.339 e. The van der Waals surface area contributed by atoms with Gasteiger partial charge >= 0.3 is 5.97 Å². The van der Waals surface area contributed by atoms with Crippen molar-refractivity contribution in [3.63, 3.8) is 0 Å². The van der Waals surface area contributed by atoms with Crippen LogP contribution in [-0.2, 0) is 4.79 Å². The quantitative estimate of drug-likeness (QED) is 0.833. The van der Waals surface area contributed by atoms with Gasteiger partial charge in [0, 0.05) is 6.04 Å². The molecule has 5 heteroatoms. The van der Waals surface area contributed by atoms with Crippen molar-refractivity contribution in [2.45, 2.75) is 26.8 Å². The monoisotopic (exact) mass is 251 g/mol. The minimum atomic E-state index is -1.07. The maximum atomic E-state index is 11.4. The second-order valence-corrected chi connectivity index (χ2v) is 4.32. The first kappa shape index (κ1) is 14.0. The lowest BCUT2D eigenvalue weighted by Crippen LogP contribution is -2.34. The van der Waals surface area contributed by atoms with Crippen molar-refractivity contribution in [1.82, 2.24) is 5.32 Å². The third-order valence-corrected chi connectivity index (χ3v) is 2.17. The zero-order valence-corrected chi connectivity index (χ0v) is 10.7. The van der Waals surface area contributed by atoms with Crippen molar-refractivity contribution in [2.24, 2.45) is 0 Å². The molecule has 0 fully saturated rings. The van der Waals surface area contributed by atoms with Gasteiger partial charge in [-0.1, -0.05) is 11.6 Å². The molecule has 18 heavy (non-hydrogen) atoms. The van der Waals surface area contributed by atoms with Gasteiger partial charge in [0.1, 0.15) is 11.3 Å². The van der Waals surface area contributed by atoms with Gasteiger partial charge in [-0.15, -0.1) is 0 Å². The third-order valence-electron chi connectivity index (χ3n) is 2.17. The lowest BCUT2D eigenvalue weighted by molar-refractivity contribution is -0.123. The highest BCUT2D eigenvalue weighted by Gasteiger charge is 2.13. The number of hydrogen-bond acceptors (Lipinski definition) is 3. The molecule has 1 aromatic rings. The van der Waals surface area contributed by atoms with Crippen molar-refractivity contribution in [2.75, 3.05) is 6.61 Å². The van der Waals surface area contributed by atoms with E-state index in [1.165, 1.54) is 6.07 Å². The van der Waals surface area contributed by atoms with E-state index in [9.17, 15) is 9.59 Å². The molecule has 1 amide bonds. The zero-order valence-electron chi connectivity index (χ0n) is 10.7. The van der Waals surface area contributed by atoms with Gasteiger partial charge in [-0.2, -0.15) is 0 Å². The number of aromatic carboxylic acids is 1. The summed E-state index contributed by atoms with van der Waals surface area (Å²) < 4.78 is 5.22. The van der Waals surface area contributed by atoms with Crippen molar-refractivity contribution in [3.05, 3.63) is 29.3 Å². The number of benzene rings is 1. The number of carboxylic acid groups (broad SMARTS) is 1. The van der Waals surface area contributed by atoms with Crippen LogP contribution in [0.25, 0.3) is 0 Å². The molecule has 0 spiro atoms. The van der Waals surface area contributed by atoms with E-state index in [0.29, 0.717) is 0 Å². The molecule has 98 valence electrons. The molecule has 0 saturated heterocycles. The highest BCUT2D eigenvalue weighted by Crippen LogP contribution is 2.19. The van der Waals surface area contributed by atoms with Crippen molar-refractivity contribution >= 4 is 11.9 Å². The van der Waals surface area contributed by atoms with E-state index < -0.39 is 5.97 Å². The van der Waals surface area contributed by atoms with Crippen LogP contribution in [0.5, 0.6) is 5.75 Å². The average Bonchev–Trinajstić information content (AvgIpc) is 2.26. The summed E-state index contributed by atoms with van der Waals surface area (Å²) in [4.78, 5) is 22.4. The Bertz CT molecular complexity index is 454. The Balaban J connectivity index is 2.73. The first-order chi connectivity index (χ1) is 8.40. The average molecular weight is 251 g/mol. The fraction of sp³-hybridized carbons (Fsp3) is 0.385. The lowest BCUT2D eigenvalue weighted by Gasteiger charge is -2.11. The summed E-state index contributed by atoms with van der Waals surface area (Å²) in [6.45, 7) is 5.28. The van der Waals surface area contributed by atoms with Crippen LogP contribution in [0.4, 0.5) is 0 Å². The molecule has 0 saturated carbocycles. The first-order valence-electron chi connectivity index (χ1n) is 5.66. The van der Waals surface area contributed by atoms with Crippen molar-refractivity contribution in [3.8, 4) is 5.75 Å². The third kappa shape index (κ3) is 4.08. The Kier molecular flexibility index (Phi) is 4.71. The van der Waals surface area contributed by atoms with Gasteiger partial charge in [0.25, 0.3) is 5.91 Å². The molecule has 0 radical (unpaired) electrons. The molecule has 0 aliphatic carbocycles. The Morgan fingerprint density at radius 1 is 1.39 bits per heavy atom. The minimum absolute atomic E-state index is 0.0260. The topological polar surface area (TPSA) is 75.6 Å². The Morgan fingerprint density at radius 3 is 2.61 bits per heavy atom. The highest BCUT2D eigenvalue weighted by atomic mass is 16.5. The summed E-state index contributed by atoms with van der Waals surface area (Å²) in [5, 5.41) is 11.7. The molecule has 0 heterocycles. The summed E-state index contributed by atoms with van der Waals surface area (Å²) in [6, 6.07) is 4.83. The van der Waals surface area contributed by atoms with Gasteiger partial charge in [0.15, 0.2) is 6.61 Å². The van der Waals surface area contributed by atoms with Crippen molar-refractivity contribution < 1.29 is 19.4 Å². The molecule has 2 N–H and O–H groups in total. The molecule has 0 atom stereocenters. The van der Waals surface area contributed by atoms with Crippen LogP contribution in [0.15, 0.2) is 18.2 Å². The number of hydrogen-bond donors (Lipinski definition) is 2. The van der Waals surface area contributed by atoms with Crippen LogP contribution in [0.3, 0.4) is 0 Å². The Labute approximate surface area is 106 Å². The predicted molar refractivity (Wildman–Crippen MR) is 66.9 cm³/mol. The van der Waals surface area contributed by atoms with Gasteiger partial charge in [-0.3, -0.25) is 4.79 Å². The van der Waals surface area contributed by atoms with E-state index in [1.54, 1.807) is 19.1 Å². The molecule has 1 aromatic carbocycles. The Hall–Kier alpha value is -2.04. The van der Waals surface area contributed by atoms with E-state index >= 15 is 0 Å². The largest absolute Gasteiger partial charge is 0.483 e. The van der Waals surface area contributed by atoms with Crippen molar-refractivity contribution in [1.29, 1.82) is 0 Å². The standard InChI is InChI=1S/C13H17NO4/c1-8(2)14-12(15)7-18-11-5-4-9(3)6-10(11)13(16)17/h4-6,8H,7H2,1-3H3,(H,14,15)(H,16,17). The van der Waals surface area contributed by atoms with Gasteiger partial charge in [0.05, 0.1) is 0 Å². The maximum Gasteiger partial charge on any atom is 0.339 e. The van der Waals surface area contributed by atoms with Gasteiger partial charge < -0.3 is 15.2 Å². The molecule has 5 nitrogen and oxygen atoms in total. The minimum Gasteiger partial charge on any atom is -0.483 e. The van der Waals surface area contributed by atoms with Gasteiger partial charge in [-0.25, -0.2) is 4.79 Å². The van der Waals surface area contributed by atoms with Gasteiger partial charge in [-0.05, 0) is 32.9 Å². The molecule has 0 aromatic heterocycles. The van der Waals surface area contributed by atoms with E-state index in [1.807, 2.05) is 13.8 Å². The SMILES string of the molecule is Cc1ccc(OCC(=O)NC(C)C)c(C(=O)O)c1. The maximum absolute atomic E-state index is 11.4. The van der Waals surface area contributed by atoms with Crippen LogP contribution >= 0.6 is 0 Å². The van der Waals surface area contributed by atoms with E-state index in [-0.39, 0.29) is 29.9 Å². The summed E-state index contributed by atoms with van der Waals surface area (Å²) in [7, 11) is 0. The number of nitrogens with one attached hydrogen (secondary N) is 1. The van der Waals surface area contributed by atoms with Crippen LogP contribution in [0.2, 0.25) is 0 Å². The molecular formula is C13H17NO4. The second kappa shape index (κ2) is 6.05. The lowest BCUT2D eigenvalue weighted by atomic mass is 10.1. The van der Waals surface area contributed by atoms with Gasteiger partial charge in [0.2, 0.25) is 0 Å². The van der Waals surface area contributed by atoms with E-state index in [2.05, 4.69) is 5.32 Å². The fourth-order valence-corrected chi connectivity index (χ4v) is 1.44. The number of aryl methyl sites for hydroxylation is 1. The summed E-state index contributed by atoms with van der Waals surface area (Å²) >= 11 is 0. The number of carboxylic acids is 1. The molecule has 0 aliphatic rings. The van der Waals surface area contributed by atoms with E-state index in [0.717, 1.165) is 5.56 Å². The Morgan fingerprint density at radius 2 is 2.06 bits per heavy atom. The zero-order chi connectivity index (χ0) is 13.7. The predicted octanol–water partition coefficient (Wildman–Crippen LogP) is 1.60. The fourth-order valence-electron chi connectivity index (χ4n) is 1.44. The van der Waals surface area contributed by atoms with Crippen LogP contribution < -0.4 is 10.1 Å². The molecular weight excluding hydrogens is 234 g/mol. The molecule has 0 bridgehead atoms. The normalized spacial score (nSPS) is 10.2. The van der Waals surface area contributed by atoms with Crippen LogP contribution in [0.1, 0.15) is 29.8 Å². The number of carbonyl (C=O) groups is 2. The number of carbonyl (C=O) groups excluding carboxylic acids is 1. The number of rotatable bonds is 5. The molecule has 0 unspecified atom stereocenters. The molecule has 0 aliphatic heterocycles. The van der Waals surface area contributed by atoms with Crippen LogP contribution in [-0.4, -0.2) is 29.6 Å². The number of amides is 1.